The smallest absolute Gasteiger partial charge is 0.0119 e. The molecule has 1 unspecified atom stereocenters. The highest BCUT2D eigenvalue weighted by atomic mass is 32.2. The Morgan fingerprint density at radius 3 is 1.63 bits per heavy atom. The molecule has 0 heterocycles. The minimum atomic E-state index is 0.285. The highest BCUT2D eigenvalue weighted by molar-refractivity contribution is 8.04. The van der Waals surface area contributed by atoms with Gasteiger partial charge in [0.2, 0.25) is 0 Å². The van der Waals surface area contributed by atoms with Crippen molar-refractivity contribution in [2.75, 3.05) is 0 Å². The standard InChI is InChI=1S/C16H30S.C2H6/c1-12(10-13(2)15(4,5)6)11-14(3)17-16(7,8)9;1-2/h10-12H,1-9H3;1-2H3/b13-10+,14-11+;. The molecule has 19 heavy (non-hydrogen) atoms. The Hall–Kier alpha value is -0.170. The van der Waals surface area contributed by atoms with Gasteiger partial charge in [-0.05, 0) is 30.1 Å². The predicted octanol–water partition coefficient (Wildman–Crippen LogP) is 7.08. The highest BCUT2D eigenvalue weighted by Gasteiger charge is 2.14. The zero-order chi connectivity index (χ0) is 15.9. The quantitative estimate of drug-likeness (QED) is 0.499. The summed E-state index contributed by atoms with van der Waals surface area (Å²) in [4.78, 5) is 1.42. The normalized spacial score (nSPS) is 15.7. The van der Waals surface area contributed by atoms with E-state index in [1.165, 1.54) is 10.5 Å². The van der Waals surface area contributed by atoms with Crippen molar-refractivity contribution >= 4 is 11.8 Å². The van der Waals surface area contributed by atoms with E-state index in [-0.39, 0.29) is 5.41 Å². The van der Waals surface area contributed by atoms with E-state index in [9.17, 15) is 0 Å². The molecule has 0 aliphatic heterocycles. The third-order valence-corrected chi connectivity index (χ3v) is 3.73. The van der Waals surface area contributed by atoms with Crippen LogP contribution in [0.3, 0.4) is 0 Å². The van der Waals surface area contributed by atoms with Gasteiger partial charge in [0.05, 0.1) is 0 Å². The third-order valence-electron chi connectivity index (χ3n) is 2.66. The second kappa shape index (κ2) is 8.89. The first-order valence-corrected chi connectivity index (χ1v) is 8.30. The molecule has 0 bridgehead atoms. The molecule has 0 aromatic carbocycles. The SMILES string of the molecule is C/C(=C\C(C)/C=C(\C)C(C)(C)C)SC(C)(C)C.CC. The molecule has 0 nitrogen and oxygen atoms in total. The van der Waals surface area contributed by atoms with Crippen LogP contribution in [0, 0.1) is 11.3 Å². The van der Waals surface area contributed by atoms with Gasteiger partial charge in [-0.1, -0.05) is 80.0 Å². The molecule has 0 aromatic heterocycles. The molecule has 0 spiro atoms. The Balaban J connectivity index is 0. The average molecular weight is 285 g/mol. The van der Waals surface area contributed by atoms with Crippen molar-refractivity contribution < 1.29 is 0 Å². The van der Waals surface area contributed by atoms with E-state index in [2.05, 4.69) is 74.5 Å². The van der Waals surface area contributed by atoms with Crippen LogP contribution in [0.2, 0.25) is 0 Å². The van der Waals surface area contributed by atoms with E-state index < -0.39 is 0 Å². The van der Waals surface area contributed by atoms with Gasteiger partial charge in [0.25, 0.3) is 0 Å². The lowest BCUT2D eigenvalue weighted by atomic mass is 9.86. The Bertz CT molecular complexity index is 295. The van der Waals surface area contributed by atoms with Gasteiger partial charge in [-0.2, -0.15) is 0 Å². The molecule has 0 N–H and O–H groups in total. The lowest BCUT2D eigenvalue weighted by molar-refractivity contribution is 0.499. The molecule has 1 atom stereocenters. The van der Waals surface area contributed by atoms with Crippen molar-refractivity contribution in [1.82, 2.24) is 0 Å². The monoisotopic (exact) mass is 284 g/mol. The van der Waals surface area contributed by atoms with E-state index in [0.717, 1.165) is 0 Å². The summed E-state index contributed by atoms with van der Waals surface area (Å²) in [5, 5.41) is 0. The molecule has 0 rings (SSSR count). The highest BCUT2D eigenvalue weighted by Crippen LogP contribution is 2.32. The van der Waals surface area contributed by atoms with Crippen molar-refractivity contribution in [1.29, 1.82) is 0 Å². The molecule has 0 aliphatic rings. The molecule has 0 saturated carbocycles. The fourth-order valence-electron chi connectivity index (χ4n) is 1.58. The molecule has 1 heteroatoms. The van der Waals surface area contributed by atoms with E-state index in [4.69, 9.17) is 0 Å². The molecular formula is C18H36S. The number of allylic oxidation sites excluding steroid dienone is 4. The Morgan fingerprint density at radius 1 is 0.895 bits per heavy atom. The maximum absolute atomic E-state index is 2.38. The summed E-state index contributed by atoms with van der Waals surface area (Å²) in [6.07, 6.45) is 4.75. The molecular weight excluding hydrogens is 248 g/mol. The average Bonchev–Trinajstić information content (AvgIpc) is 2.15. The van der Waals surface area contributed by atoms with Crippen LogP contribution >= 0.6 is 11.8 Å². The molecule has 0 saturated heterocycles. The van der Waals surface area contributed by atoms with E-state index in [1.807, 2.05) is 25.6 Å². The fraction of sp³-hybridized carbons (Fsp3) is 0.778. The fourth-order valence-corrected chi connectivity index (χ4v) is 2.83. The van der Waals surface area contributed by atoms with Gasteiger partial charge in [0, 0.05) is 4.75 Å². The van der Waals surface area contributed by atoms with Gasteiger partial charge in [-0.25, -0.2) is 0 Å². The summed E-state index contributed by atoms with van der Waals surface area (Å²) in [7, 11) is 0. The lowest BCUT2D eigenvalue weighted by Crippen LogP contribution is -2.08. The number of thioether (sulfide) groups is 1. The van der Waals surface area contributed by atoms with E-state index in [1.54, 1.807) is 0 Å². The van der Waals surface area contributed by atoms with Gasteiger partial charge in [0.15, 0.2) is 0 Å². The van der Waals surface area contributed by atoms with Crippen molar-refractivity contribution in [3.63, 3.8) is 0 Å². The van der Waals surface area contributed by atoms with Gasteiger partial charge in [-0.3, -0.25) is 0 Å². The van der Waals surface area contributed by atoms with Crippen LogP contribution in [0.4, 0.5) is 0 Å². The summed E-state index contributed by atoms with van der Waals surface area (Å²) in [5.74, 6) is 0.518. The summed E-state index contributed by atoms with van der Waals surface area (Å²) in [6.45, 7) is 24.3. The van der Waals surface area contributed by atoms with Gasteiger partial charge < -0.3 is 0 Å². The molecule has 0 aliphatic carbocycles. The molecule has 0 radical (unpaired) electrons. The zero-order valence-electron chi connectivity index (χ0n) is 15.1. The van der Waals surface area contributed by atoms with Crippen LogP contribution in [0.15, 0.2) is 22.6 Å². The summed E-state index contributed by atoms with van der Waals surface area (Å²) in [6, 6.07) is 0. The van der Waals surface area contributed by atoms with E-state index in [0.29, 0.717) is 10.7 Å². The predicted molar refractivity (Wildman–Crippen MR) is 94.8 cm³/mol. The van der Waals surface area contributed by atoms with Crippen LogP contribution < -0.4 is 0 Å². The van der Waals surface area contributed by atoms with Crippen LogP contribution in [0.1, 0.15) is 76.2 Å². The second-order valence-corrected chi connectivity index (χ2v) is 9.02. The van der Waals surface area contributed by atoms with Crippen molar-refractivity contribution in [2.24, 2.45) is 11.3 Å². The first-order chi connectivity index (χ1) is 8.42. The number of hydrogen-bond donors (Lipinski definition) is 0. The first-order valence-electron chi connectivity index (χ1n) is 7.48. The molecule has 0 amide bonds. The summed E-state index contributed by atoms with van der Waals surface area (Å²) < 4.78 is 0.309. The number of rotatable bonds is 3. The Morgan fingerprint density at radius 2 is 1.32 bits per heavy atom. The Kier molecular flexibility index (Phi) is 9.89. The van der Waals surface area contributed by atoms with Crippen molar-refractivity contribution in [2.45, 2.75) is 80.9 Å². The summed E-state index contributed by atoms with van der Waals surface area (Å²) >= 11 is 1.95. The number of hydrogen-bond acceptors (Lipinski definition) is 1. The van der Waals surface area contributed by atoms with Gasteiger partial charge >= 0.3 is 0 Å². The molecule has 0 aromatic rings. The zero-order valence-corrected chi connectivity index (χ0v) is 16.0. The summed E-state index contributed by atoms with van der Waals surface area (Å²) in [5.41, 5.74) is 1.75. The third kappa shape index (κ3) is 12.6. The molecule has 114 valence electrons. The first kappa shape index (κ1) is 21.1. The largest absolute Gasteiger partial charge is 0.125 e. The van der Waals surface area contributed by atoms with Crippen molar-refractivity contribution in [3.8, 4) is 0 Å². The maximum Gasteiger partial charge on any atom is 0.0119 e. The van der Waals surface area contributed by atoms with E-state index >= 15 is 0 Å². The van der Waals surface area contributed by atoms with Crippen molar-refractivity contribution in [3.05, 3.63) is 22.6 Å². The topological polar surface area (TPSA) is 0 Å². The minimum absolute atomic E-state index is 0.285. The van der Waals surface area contributed by atoms with Crippen LogP contribution in [-0.2, 0) is 0 Å². The second-order valence-electron chi connectivity index (χ2n) is 6.95. The van der Waals surface area contributed by atoms with Crippen LogP contribution in [-0.4, -0.2) is 4.75 Å². The van der Waals surface area contributed by atoms with Crippen LogP contribution in [0.5, 0.6) is 0 Å². The lowest BCUT2D eigenvalue weighted by Gasteiger charge is -2.21. The van der Waals surface area contributed by atoms with Gasteiger partial charge in [-0.15, -0.1) is 11.8 Å². The molecule has 0 fully saturated rings. The Labute approximate surface area is 127 Å². The van der Waals surface area contributed by atoms with Gasteiger partial charge in [0.1, 0.15) is 0 Å². The van der Waals surface area contributed by atoms with Crippen LogP contribution in [0.25, 0.3) is 0 Å². The maximum atomic E-state index is 2.38. The minimum Gasteiger partial charge on any atom is -0.125 e.